The summed E-state index contributed by atoms with van der Waals surface area (Å²) in [7, 11) is 0. The van der Waals surface area contributed by atoms with E-state index in [0.29, 0.717) is 40.6 Å². The van der Waals surface area contributed by atoms with E-state index in [-0.39, 0.29) is 0 Å². The first-order chi connectivity index (χ1) is 12.0. The molecule has 3 aromatic heterocycles. The Balaban J connectivity index is 1.58. The Hall–Kier alpha value is -2.38. The van der Waals surface area contributed by atoms with Crippen LogP contribution in [0.4, 0.5) is 11.6 Å². The monoisotopic (exact) mass is 377 g/mol. The molecular weight excluding hydrogens is 361 g/mol. The highest BCUT2D eigenvalue weighted by molar-refractivity contribution is 6.35. The lowest BCUT2D eigenvalue weighted by Crippen LogP contribution is -2.16. The molecule has 0 saturated carbocycles. The van der Waals surface area contributed by atoms with Crippen LogP contribution < -0.4 is 10.6 Å². The highest BCUT2D eigenvalue weighted by Gasteiger charge is 2.07. The van der Waals surface area contributed by atoms with Crippen molar-refractivity contribution in [3.63, 3.8) is 0 Å². The van der Waals surface area contributed by atoms with Gasteiger partial charge >= 0.3 is 0 Å². The van der Waals surface area contributed by atoms with E-state index < -0.39 is 0 Å². The van der Waals surface area contributed by atoms with Gasteiger partial charge < -0.3 is 10.6 Å². The zero-order chi connectivity index (χ0) is 17.8. The van der Waals surface area contributed by atoms with Gasteiger partial charge in [-0.25, -0.2) is 14.6 Å². The van der Waals surface area contributed by atoms with Crippen molar-refractivity contribution in [3.05, 3.63) is 52.2 Å². The topological polar surface area (TPSA) is 80.5 Å². The van der Waals surface area contributed by atoms with E-state index in [1.165, 1.54) is 0 Å². The summed E-state index contributed by atoms with van der Waals surface area (Å²) in [5.41, 5.74) is 1.95. The van der Waals surface area contributed by atoms with Gasteiger partial charge in [-0.15, -0.1) is 0 Å². The van der Waals surface area contributed by atoms with Crippen LogP contribution in [0.3, 0.4) is 0 Å². The van der Waals surface area contributed by atoms with E-state index in [4.69, 9.17) is 23.2 Å². The normalized spacial score (nSPS) is 10.7. The molecule has 3 heterocycles. The van der Waals surface area contributed by atoms with Gasteiger partial charge in [-0.2, -0.15) is 5.10 Å². The molecule has 3 rings (SSSR count). The molecule has 0 amide bonds. The maximum atomic E-state index is 6.07. The number of nitrogens with zero attached hydrogens (tertiary/aromatic N) is 5. The third-order valence-corrected chi connectivity index (χ3v) is 3.87. The van der Waals surface area contributed by atoms with Gasteiger partial charge in [-0.05, 0) is 26.0 Å². The molecule has 0 unspecified atom stereocenters. The Labute approximate surface area is 155 Å². The Morgan fingerprint density at radius 1 is 1.04 bits per heavy atom. The van der Waals surface area contributed by atoms with Gasteiger partial charge in [0.15, 0.2) is 5.82 Å². The summed E-state index contributed by atoms with van der Waals surface area (Å²) in [5, 5.41) is 11.8. The highest BCUT2D eigenvalue weighted by atomic mass is 35.5. The van der Waals surface area contributed by atoms with E-state index >= 15 is 0 Å². The van der Waals surface area contributed by atoms with Gasteiger partial charge in [-0.1, -0.05) is 23.2 Å². The summed E-state index contributed by atoms with van der Waals surface area (Å²) in [6, 6.07) is 3.64. The molecule has 7 nitrogen and oxygen atoms in total. The van der Waals surface area contributed by atoms with Crippen molar-refractivity contribution in [1.82, 2.24) is 24.7 Å². The molecule has 0 aliphatic carbocycles. The lowest BCUT2D eigenvalue weighted by molar-refractivity contribution is 0.799. The number of aromatic nitrogens is 5. The van der Waals surface area contributed by atoms with Crippen LogP contribution in [-0.4, -0.2) is 37.8 Å². The zero-order valence-electron chi connectivity index (χ0n) is 13.8. The first-order valence-corrected chi connectivity index (χ1v) is 8.43. The second kappa shape index (κ2) is 7.67. The number of pyridine rings is 1. The Kier molecular flexibility index (Phi) is 5.35. The molecule has 0 aliphatic rings. The molecule has 130 valence electrons. The molecule has 0 fully saturated rings. The molecule has 0 saturated heterocycles. The van der Waals surface area contributed by atoms with Crippen molar-refractivity contribution in [3.8, 4) is 5.82 Å². The third-order valence-electron chi connectivity index (χ3n) is 3.38. The highest BCUT2D eigenvalue weighted by Crippen LogP contribution is 2.22. The second-order valence-corrected chi connectivity index (χ2v) is 6.28. The SMILES string of the molecule is Cc1cc(C)n(-c2cncc(NCCNc3ncc(Cl)cc3Cl)n2)n1. The van der Waals surface area contributed by atoms with Crippen LogP contribution in [0.2, 0.25) is 10.0 Å². The molecule has 2 N–H and O–H groups in total. The van der Waals surface area contributed by atoms with Gasteiger partial charge in [-0.3, -0.25) is 4.98 Å². The molecular formula is C16H17Cl2N7. The van der Waals surface area contributed by atoms with E-state index in [9.17, 15) is 0 Å². The molecule has 9 heteroatoms. The fourth-order valence-electron chi connectivity index (χ4n) is 2.32. The molecule has 0 spiro atoms. The predicted octanol–water partition coefficient (Wildman–Crippen LogP) is 3.50. The molecule has 0 radical (unpaired) electrons. The Morgan fingerprint density at radius 2 is 1.84 bits per heavy atom. The first-order valence-electron chi connectivity index (χ1n) is 7.67. The second-order valence-electron chi connectivity index (χ2n) is 5.44. The molecule has 0 bridgehead atoms. The van der Waals surface area contributed by atoms with Crippen LogP contribution in [-0.2, 0) is 0 Å². The quantitative estimate of drug-likeness (QED) is 0.639. The number of halogens is 2. The van der Waals surface area contributed by atoms with E-state index in [0.717, 1.165) is 11.4 Å². The number of rotatable bonds is 6. The fraction of sp³-hybridized carbons (Fsp3) is 0.250. The van der Waals surface area contributed by atoms with Gasteiger partial charge in [0, 0.05) is 25.0 Å². The minimum atomic E-state index is 0.485. The lowest BCUT2D eigenvalue weighted by atomic mass is 10.4. The standard InChI is InChI=1S/C16H17Cl2N7/c1-10-5-11(2)25(24-10)15-9-19-8-14(23-15)20-3-4-21-16-13(18)6-12(17)7-22-16/h5-9H,3-4H2,1-2H3,(H,20,23)(H,21,22). The number of anilines is 2. The predicted molar refractivity (Wildman–Crippen MR) is 99.9 cm³/mol. The van der Waals surface area contributed by atoms with E-state index in [1.54, 1.807) is 29.3 Å². The summed E-state index contributed by atoms with van der Waals surface area (Å²) in [4.78, 5) is 12.9. The summed E-state index contributed by atoms with van der Waals surface area (Å²) in [6.07, 6.45) is 4.90. The summed E-state index contributed by atoms with van der Waals surface area (Å²) < 4.78 is 1.77. The van der Waals surface area contributed by atoms with E-state index in [1.807, 2.05) is 19.9 Å². The third kappa shape index (κ3) is 4.37. The molecule has 0 aliphatic heterocycles. The Morgan fingerprint density at radius 3 is 2.56 bits per heavy atom. The molecule has 25 heavy (non-hydrogen) atoms. The van der Waals surface area contributed by atoms with Crippen LogP contribution in [0.1, 0.15) is 11.4 Å². The average Bonchev–Trinajstić information content (AvgIpc) is 2.92. The maximum absolute atomic E-state index is 6.07. The number of aryl methyl sites for hydroxylation is 2. The lowest BCUT2D eigenvalue weighted by Gasteiger charge is -2.10. The molecule has 3 aromatic rings. The smallest absolute Gasteiger partial charge is 0.174 e. The minimum Gasteiger partial charge on any atom is -0.367 e. The van der Waals surface area contributed by atoms with Gasteiger partial charge in [0.1, 0.15) is 11.6 Å². The van der Waals surface area contributed by atoms with Crippen LogP contribution in [0, 0.1) is 13.8 Å². The largest absolute Gasteiger partial charge is 0.367 e. The summed E-state index contributed by atoms with van der Waals surface area (Å²) in [6.45, 7) is 5.16. The van der Waals surface area contributed by atoms with Crippen LogP contribution in [0.15, 0.2) is 30.7 Å². The van der Waals surface area contributed by atoms with Crippen molar-refractivity contribution < 1.29 is 0 Å². The van der Waals surface area contributed by atoms with Crippen LogP contribution in [0.25, 0.3) is 5.82 Å². The van der Waals surface area contributed by atoms with Crippen molar-refractivity contribution >= 4 is 34.8 Å². The summed E-state index contributed by atoms with van der Waals surface area (Å²) in [5.74, 6) is 1.93. The average molecular weight is 378 g/mol. The summed E-state index contributed by atoms with van der Waals surface area (Å²) >= 11 is 11.9. The van der Waals surface area contributed by atoms with Crippen molar-refractivity contribution in [2.24, 2.45) is 0 Å². The Bertz CT molecular complexity index is 879. The van der Waals surface area contributed by atoms with Crippen molar-refractivity contribution in [2.75, 3.05) is 23.7 Å². The van der Waals surface area contributed by atoms with Gasteiger partial charge in [0.05, 0.1) is 28.1 Å². The van der Waals surface area contributed by atoms with Crippen molar-refractivity contribution in [2.45, 2.75) is 13.8 Å². The minimum absolute atomic E-state index is 0.485. The number of nitrogens with one attached hydrogen (secondary N) is 2. The fourth-order valence-corrected chi connectivity index (χ4v) is 2.77. The van der Waals surface area contributed by atoms with Crippen LogP contribution in [0.5, 0.6) is 0 Å². The first kappa shape index (κ1) is 17.4. The van der Waals surface area contributed by atoms with Gasteiger partial charge in [0.25, 0.3) is 0 Å². The van der Waals surface area contributed by atoms with E-state index in [2.05, 4.69) is 30.7 Å². The molecule has 0 atom stereocenters. The molecule has 0 aromatic carbocycles. The zero-order valence-corrected chi connectivity index (χ0v) is 15.3. The van der Waals surface area contributed by atoms with Crippen molar-refractivity contribution in [1.29, 1.82) is 0 Å². The van der Waals surface area contributed by atoms with Crippen LogP contribution >= 0.6 is 23.2 Å². The maximum Gasteiger partial charge on any atom is 0.174 e. The van der Waals surface area contributed by atoms with Gasteiger partial charge in [0.2, 0.25) is 0 Å². The number of hydrogen-bond acceptors (Lipinski definition) is 6. The number of hydrogen-bond donors (Lipinski definition) is 2.